The van der Waals surface area contributed by atoms with Gasteiger partial charge in [0.2, 0.25) is 0 Å². The Morgan fingerprint density at radius 3 is 2.55 bits per heavy atom. The Hall–Kier alpha value is -2.77. The Labute approximate surface area is 225 Å². The summed E-state index contributed by atoms with van der Waals surface area (Å²) >= 11 is 0. The van der Waals surface area contributed by atoms with Crippen molar-refractivity contribution in [1.82, 2.24) is 19.7 Å². The van der Waals surface area contributed by atoms with Gasteiger partial charge < -0.3 is 15.6 Å². The molecule has 38 heavy (non-hydrogen) atoms. The molecule has 2 saturated carbocycles. The van der Waals surface area contributed by atoms with Gasteiger partial charge in [-0.25, -0.2) is 14.6 Å². The lowest BCUT2D eigenvalue weighted by atomic mass is 9.50. The molecule has 0 saturated heterocycles. The van der Waals surface area contributed by atoms with E-state index in [4.69, 9.17) is 15.6 Å². The maximum Gasteiger partial charge on any atom is 0.163 e. The van der Waals surface area contributed by atoms with E-state index in [1.165, 1.54) is 31.2 Å². The monoisotopic (exact) mass is 515 g/mol. The Balaban J connectivity index is 1.25. The summed E-state index contributed by atoms with van der Waals surface area (Å²) in [7, 11) is 0. The Morgan fingerprint density at radius 1 is 1.08 bits per heavy atom. The first-order valence-electron chi connectivity index (χ1n) is 14.3. The van der Waals surface area contributed by atoms with E-state index >= 15 is 0 Å². The van der Waals surface area contributed by atoms with Crippen LogP contribution in [0.15, 0.2) is 49.2 Å². The van der Waals surface area contributed by atoms with Crippen LogP contribution in [0.3, 0.4) is 0 Å². The van der Waals surface area contributed by atoms with Gasteiger partial charge in [-0.3, -0.25) is 0 Å². The third-order valence-corrected chi connectivity index (χ3v) is 10.5. The van der Waals surface area contributed by atoms with Crippen molar-refractivity contribution in [3.63, 3.8) is 0 Å². The van der Waals surface area contributed by atoms with Gasteiger partial charge in [0.25, 0.3) is 0 Å². The molecule has 2 heterocycles. The molecular formula is C31H41N5O2. The van der Waals surface area contributed by atoms with Crippen molar-refractivity contribution < 1.29 is 9.84 Å². The van der Waals surface area contributed by atoms with Crippen molar-refractivity contribution in [2.24, 2.45) is 52.6 Å². The Kier molecular flexibility index (Phi) is 6.77. The van der Waals surface area contributed by atoms with E-state index in [2.05, 4.69) is 36.9 Å². The molecule has 6 rings (SSSR count). The number of nitrogens with zero attached hydrogens (tertiary/aromatic N) is 4. The predicted molar refractivity (Wildman–Crippen MR) is 147 cm³/mol. The lowest BCUT2D eigenvalue weighted by Gasteiger charge is -2.55. The first-order valence-corrected chi connectivity index (χ1v) is 14.3. The summed E-state index contributed by atoms with van der Waals surface area (Å²) in [6, 6.07) is 7.93. The van der Waals surface area contributed by atoms with Crippen molar-refractivity contribution in [2.45, 2.75) is 52.9 Å². The van der Waals surface area contributed by atoms with E-state index < -0.39 is 0 Å². The number of rotatable bonds is 6. The van der Waals surface area contributed by atoms with E-state index in [0.29, 0.717) is 23.5 Å². The summed E-state index contributed by atoms with van der Waals surface area (Å²) in [5.74, 6) is 5.66. The Bertz CT molecular complexity index is 1240. The third kappa shape index (κ3) is 4.34. The van der Waals surface area contributed by atoms with Gasteiger partial charge in [0.05, 0.1) is 23.8 Å². The van der Waals surface area contributed by atoms with E-state index in [9.17, 15) is 5.11 Å². The largest absolute Gasteiger partial charge is 0.454 e. The molecule has 0 spiro atoms. The van der Waals surface area contributed by atoms with Gasteiger partial charge in [0.1, 0.15) is 12.1 Å². The lowest BCUT2D eigenvalue weighted by Crippen LogP contribution is -2.53. The van der Waals surface area contributed by atoms with Crippen molar-refractivity contribution >= 4 is 0 Å². The van der Waals surface area contributed by atoms with E-state index in [1.807, 2.05) is 28.9 Å². The fourth-order valence-electron chi connectivity index (χ4n) is 8.64. The van der Waals surface area contributed by atoms with Crippen LogP contribution in [-0.2, 0) is 12.8 Å². The van der Waals surface area contributed by atoms with Crippen LogP contribution in [0.5, 0.6) is 11.5 Å². The molecule has 0 bridgehead atoms. The highest BCUT2D eigenvalue weighted by atomic mass is 16.5. The average molecular weight is 516 g/mol. The van der Waals surface area contributed by atoms with E-state index in [-0.39, 0.29) is 17.9 Å². The van der Waals surface area contributed by atoms with E-state index in [0.717, 1.165) is 54.3 Å². The highest BCUT2D eigenvalue weighted by Gasteiger charge is 2.55. The standard InChI is InChI=1S/C31H41N5O2/c1-19-4-9-26-27(13-32)28(10-20(2)30(19)26)31(3)12-21-16-36(35-29(21)11-22(31)17-37)23-5-7-24(8-6-23)38-25-14-33-18-34-15-25/h5-8,14-16,18-20,22,26-28,30,37H,4,9-13,17,32H2,1-3H3/t19-,20+,22+,26+,27-,28-,30+,31-/m0/s1. The molecule has 3 aromatic rings. The second-order valence-corrected chi connectivity index (χ2v) is 12.5. The molecule has 7 nitrogen and oxygen atoms in total. The number of aliphatic hydroxyl groups is 1. The van der Waals surface area contributed by atoms with Crippen LogP contribution < -0.4 is 10.5 Å². The zero-order chi connectivity index (χ0) is 26.4. The van der Waals surface area contributed by atoms with Crippen molar-refractivity contribution in [3.05, 3.63) is 60.4 Å². The number of aromatic nitrogens is 4. The van der Waals surface area contributed by atoms with Gasteiger partial charge in [0.15, 0.2) is 5.75 Å². The molecule has 3 N–H and O–H groups in total. The number of aliphatic hydroxyl groups excluding tert-OH is 1. The molecule has 8 atom stereocenters. The van der Waals surface area contributed by atoms with Crippen LogP contribution in [0.1, 0.15) is 51.3 Å². The molecule has 2 fully saturated rings. The minimum absolute atomic E-state index is 0.0140. The van der Waals surface area contributed by atoms with Gasteiger partial charge >= 0.3 is 0 Å². The molecule has 7 heteroatoms. The lowest BCUT2D eigenvalue weighted by molar-refractivity contribution is -0.0605. The average Bonchev–Trinajstić information content (AvgIpc) is 3.52. The fourth-order valence-corrected chi connectivity index (χ4v) is 8.64. The van der Waals surface area contributed by atoms with Crippen LogP contribution in [0, 0.1) is 46.8 Å². The van der Waals surface area contributed by atoms with Gasteiger partial charge in [-0.2, -0.15) is 5.10 Å². The van der Waals surface area contributed by atoms with Crippen LogP contribution in [0.4, 0.5) is 0 Å². The van der Waals surface area contributed by atoms with Gasteiger partial charge in [-0.1, -0.05) is 27.2 Å². The minimum Gasteiger partial charge on any atom is -0.454 e. The molecule has 3 aliphatic rings. The molecule has 2 aromatic heterocycles. The summed E-state index contributed by atoms with van der Waals surface area (Å²) in [6.45, 7) is 8.32. The summed E-state index contributed by atoms with van der Waals surface area (Å²) in [6.07, 6.45) is 12.6. The summed E-state index contributed by atoms with van der Waals surface area (Å²) in [5, 5.41) is 15.6. The van der Waals surface area contributed by atoms with Crippen LogP contribution in [-0.4, -0.2) is 38.0 Å². The predicted octanol–water partition coefficient (Wildman–Crippen LogP) is 5.06. The van der Waals surface area contributed by atoms with Gasteiger partial charge in [-0.05, 0) is 109 Å². The topological polar surface area (TPSA) is 99.1 Å². The first-order chi connectivity index (χ1) is 18.4. The third-order valence-electron chi connectivity index (χ3n) is 10.5. The molecule has 0 amide bonds. The number of fused-ring (bicyclic) bond motifs is 2. The highest BCUT2D eigenvalue weighted by molar-refractivity contribution is 5.40. The van der Waals surface area contributed by atoms with Crippen LogP contribution in [0.25, 0.3) is 5.69 Å². The minimum atomic E-state index is 0.0140. The van der Waals surface area contributed by atoms with Gasteiger partial charge in [-0.15, -0.1) is 0 Å². The van der Waals surface area contributed by atoms with E-state index in [1.54, 1.807) is 12.4 Å². The van der Waals surface area contributed by atoms with Crippen molar-refractivity contribution in [1.29, 1.82) is 0 Å². The zero-order valence-electron chi connectivity index (χ0n) is 22.8. The zero-order valence-corrected chi connectivity index (χ0v) is 22.8. The molecule has 0 aliphatic heterocycles. The molecule has 0 unspecified atom stereocenters. The number of benzene rings is 1. The second-order valence-electron chi connectivity index (χ2n) is 12.5. The molecule has 1 aromatic carbocycles. The number of hydrogen-bond donors (Lipinski definition) is 2. The van der Waals surface area contributed by atoms with Crippen LogP contribution in [0.2, 0.25) is 0 Å². The van der Waals surface area contributed by atoms with Crippen LogP contribution >= 0.6 is 0 Å². The summed E-state index contributed by atoms with van der Waals surface area (Å²) < 4.78 is 7.83. The number of hydrogen-bond acceptors (Lipinski definition) is 6. The molecule has 3 aliphatic carbocycles. The molecule has 0 radical (unpaired) electrons. The van der Waals surface area contributed by atoms with Crippen molar-refractivity contribution in [2.75, 3.05) is 13.2 Å². The quantitative estimate of drug-likeness (QED) is 0.476. The van der Waals surface area contributed by atoms with Gasteiger partial charge in [0, 0.05) is 12.8 Å². The highest BCUT2D eigenvalue weighted by Crippen LogP contribution is 2.59. The number of nitrogens with two attached hydrogens (primary N) is 1. The fraction of sp³-hybridized carbons (Fsp3) is 0.581. The summed E-state index contributed by atoms with van der Waals surface area (Å²) in [4.78, 5) is 8.00. The summed E-state index contributed by atoms with van der Waals surface area (Å²) in [5.41, 5.74) is 9.96. The van der Waals surface area contributed by atoms with Crippen molar-refractivity contribution in [3.8, 4) is 17.2 Å². The molecule has 202 valence electrons. The smallest absolute Gasteiger partial charge is 0.163 e. The number of ether oxygens (including phenoxy) is 1. The second kappa shape index (κ2) is 10.1. The normalized spacial score (nSPS) is 34.5. The Morgan fingerprint density at radius 2 is 1.84 bits per heavy atom. The molecular weight excluding hydrogens is 474 g/mol. The maximum atomic E-state index is 10.6. The SMILES string of the molecule is C[C@@H]1C[C@H]([C@@]2(C)Cc3cn(-c4ccc(Oc5cncnc5)cc4)nc3C[C@@H]2CO)[C@@H](CN)[C@H]2CC[C@H](C)[C@@H]21. The maximum absolute atomic E-state index is 10.6. The first kappa shape index (κ1) is 25.5.